The predicted octanol–water partition coefficient (Wildman–Crippen LogP) is 1.70. The van der Waals surface area contributed by atoms with Crippen LogP contribution in [-0.2, 0) is 11.3 Å². The highest BCUT2D eigenvalue weighted by molar-refractivity contribution is 5.81. The quantitative estimate of drug-likeness (QED) is 0.469. The molecule has 0 saturated carbocycles. The normalized spacial score (nSPS) is 15.3. The number of hydrogen-bond donors (Lipinski definition) is 2. The highest BCUT2D eigenvalue weighted by Crippen LogP contribution is 2.25. The lowest BCUT2D eigenvalue weighted by Crippen LogP contribution is -2.52. The van der Waals surface area contributed by atoms with E-state index in [9.17, 15) is 4.79 Å². The summed E-state index contributed by atoms with van der Waals surface area (Å²) in [4.78, 5) is 21.2. The first-order chi connectivity index (χ1) is 14.5. The van der Waals surface area contributed by atoms with E-state index >= 15 is 0 Å². The molecule has 1 aliphatic rings. The Morgan fingerprint density at radius 3 is 2.50 bits per heavy atom. The van der Waals surface area contributed by atoms with Crippen LogP contribution in [0.1, 0.15) is 32.8 Å². The van der Waals surface area contributed by atoms with Gasteiger partial charge in [-0.15, -0.1) is 0 Å². The molecular weight excluding hydrogens is 382 g/mol. The topological polar surface area (TPSA) is 78.4 Å². The van der Waals surface area contributed by atoms with Crippen molar-refractivity contribution in [2.45, 2.75) is 39.8 Å². The number of nitrogens with one attached hydrogen (secondary N) is 2. The van der Waals surface area contributed by atoms with Gasteiger partial charge in [-0.05, 0) is 39.0 Å². The zero-order valence-corrected chi connectivity index (χ0v) is 19.0. The van der Waals surface area contributed by atoms with Crippen molar-refractivity contribution in [3.63, 3.8) is 0 Å². The summed E-state index contributed by atoms with van der Waals surface area (Å²) in [5.74, 6) is 2.65. The third-order valence-corrected chi connectivity index (χ3v) is 4.94. The minimum atomic E-state index is 0.0432. The number of carbonyl (C=O) groups is 1. The van der Waals surface area contributed by atoms with Crippen LogP contribution in [0.2, 0.25) is 0 Å². The molecular formula is C22H37N5O3. The van der Waals surface area contributed by atoms with E-state index in [4.69, 9.17) is 9.47 Å². The van der Waals surface area contributed by atoms with Crippen LogP contribution in [0.4, 0.5) is 0 Å². The summed E-state index contributed by atoms with van der Waals surface area (Å²) in [7, 11) is 3.38. The third kappa shape index (κ3) is 7.40. The molecule has 8 heteroatoms. The van der Waals surface area contributed by atoms with E-state index < -0.39 is 0 Å². The maximum Gasteiger partial charge on any atom is 0.222 e. The third-order valence-electron chi connectivity index (χ3n) is 4.94. The SMILES string of the molecule is CCNC(=NCCC(=O)NC(C)C)N1CCN(Cc2cc(OC)ccc2OC)CC1. The van der Waals surface area contributed by atoms with Crippen molar-refractivity contribution >= 4 is 11.9 Å². The molecule has 0 spiro atoms. The molecule has 1 fully saturated rings. The van der Waals surface area contributed by atoms with E-state index in [0.29, 0.717) is 13.0 Å². The van der Waals surface area contributed by atoms with Gasteiger partial charge in [-0.3, -0.25) is 14.7 Å². The second kappa shape index (κ2) is 12.3. The van der Waals surface area contributed by atoms with Crippen molar-refractivity contribution in [1.82, 2.24) is 20.4 Å². The molecule has 2 N–H and O–H groups in total. The highest BCUT2D eigenvalue weighted by Gasteiger charge is 2.21. The second-order valence-electron chi connectivity index (χ2n) is 7.65. The lowest BCUT2D eigenvalue weighted by Gasteiger charge is -2.36. The Morgan fingerprint density at radius 1 is 1.17 bits per heavy atom. The smallest absolute Gasteiger partial charge is 0.222 e. The van der Waals surface area contributed by atoms with Gasteiger partial charge in [0.1, 0.15) is 11.5 Å². The van der Waals surface area contributed by atoms with Crippen molar-refractivity contribution in [2.24, 2.45) is 4.99 Å². The number of guanidine groups is 1. The summed E-state index contributed by atoms with van der Waals surface area (Å²) in [6.45, 7) is 11.7. The van der Waals surface area contributed by atoms with Crippen molar-refractivity contribution in [2.75, 3.05) is 53.5 Å². The first kappa shape index (κ1) is 23.8. The van der Waals surface area contributed by atoms with Gasteiger partial charge in [-0.1, -0.05) is 0 Å². The summed E-state index contributed by atoms with van der Waals surface area (Å²) in [5.41, 5.74) is 1.13. The zero-order valence-electron chi connectivity index (χ0n) is 19.0. The predicted molar refractivity (Wildman–Crippen MR) is 120 cm³/mol. The van der Waals surface area contributed by atoms with Crippen LogP contribution < -0.4 is 20.1 Å². The number of carbonyl (C=O) groups excluding carboxylic acids is 1. The zero-order chi connectivity index (χ0) is 21.9. The fourth-order valence-electron chi connectivity index (χ4n) is 3.45. The van der Waals surface area contributed by atoms with Crippen LogP contribution in [0, 0.1) is 0 Å². The molecule has 1 aromatic carbocycles. The number of methoxy groups -OCH3 is 2. The summed E-state index contributed by atoms with van der Waals surface area (Å²) in [6, 6.07) is 6.07. The lowest BCUT2D eigenvalue weighted by atomic mass is 10.1. The summed E-state index contributed by atoms with van der Waals surface area (Å²) < 4.78 is 10.9. The van der Waals surface area contributed by atoms with Gasteiger partial charge in [0, 0.05) is 57.3 Å². The Hall–Kier alpha value is -2.48. The molecule has 1 heterocycles. The number of benzene rings is 1. The van der Waals surface area contributed by atoms with Crippen LogP contribution in [0.5, 0.6) is 11.5 Å². The van der Waals surface area contributed by atoms with Gasteiger partial charge in [0.25, 0.3) is 0 Å². The van der Waals surface area contributed by atoms with Crippen molar-refractivity contribution in [3.8, 4) is 11.5 Å². The number of hydrogen-bond acceptors (Lipinski definition) is 5. The fourth-order valence-corrected chi connectivity index (χ4v) is 3.45. The van der Waals surface area contributed by atoms with E-state index in [2.05, 4.69) is 32.3 Å². The number of nitrogens with zero attached hydrogens (tertiary/aromatic N) is 3. The molecule has 0 aromatic heterocycles. The average Bonchev–Trinajstić information content (AvgIpc) is 2.73. The Labute approximate surface area is 180 Å². The average molecular weight is 420 g/mol. The van der Waals surface area contributed by atoms with Gasteiger partial charge in [0.05, 0.1) is 20.8 Å². The van der Waals surface area contributed by atoms with Gasteiger partial charge in [0.15, 0.2) is 5.96 Å². The first-order valence-electron chi connectivity index (χ1n) is 10.7. The van der Waals surface area contributed by atoms with Crippen LogP contribution in [0.3, 0.4) is 0 Å². The van der Waals surface area contributed by atoms with Gasteiger partial charge in [-0.25, -0.2) is 0 Å². The molecule has 1 aliphatic heterocycles. The Bertz CT molecular complexity index is 700. The van der Waals surface area contributed by atoms with E-state index in [1.54, 1.807) is 14.2 Å². The highest BCUT2D eigenvalue weighted by atomic mass is 16.5. The standard InChI is InChI=1S/C22H37N5O3/c1-6-23-22(24-10-9-21(28)25-17(2)3)27-13-11-26(12-14-27)16-18-15-19(29-4)7-8-20(18)30-5/h7-8,15,17H,6,9-14,16H2,1-5H3,(H,23,24)(H,25,28). The fraction of sp³-hybridized carbons (Fsp3) is 0.636. The van der Waals surface area contributed by atoms with E-state index in [1.807, 2.05) is 32.0 Å². The molecule has 0 aliphatic carbocycles. The van der Waals surface area contributed by atoms with Crippen molar-refractivity contribution in [1.29, 1.82) is 0 Å². The van der Waals surface area contributed by atoms with Gasteiger partial charge in [0.2, 0.25) is 5.91 Å². The molecule has 0 unspecified atom stereocenters. The molecule has 30 heavy (non-hydrogen) atoms. The number of amides is 1. The van der Waals surface area contributed by atoms with Crippen LogP contribution in [-0.4, -0.2) is 81.2 Å². The van der Waals surface area contributed by atoms with Gasteiger partial charge >= 0.3 is 0 Å². The number of piperazine rings is 1. The number of rotatable bonds is 9. The Balaban J connectivity index is 1.90. The Morgan fingerprint density at radius 2 is 1.90 bits per heavy atom. The Kier molecular flexibility index (Phi) is 9.73. The maximum absolute atomic E-state index is 11.8. The maximum atomic E-state index is 11.8. The molecule has 1 amide bonds. The molecule has 1 aromatic rings. The largest absolute Gasteiger partial charge is 0.497 e. The van der Waals surface area contributed by atoms with E-state index in [-0.39, 0.29) is 11.9 Å². The van der Waals surface area contributed by atoms with Crippen LogP contribution >= 0.6 is 0 Å². The molecule has 0 atom stereocenters. The molecule has 8 nitrogen and oxygen atoms in total. The van der Waals surface area contributed by atoms with E-state index in [1.165, 1.54) is 0 Å². The van der Waals surface area contributed by atoms with Crippen LogP contribution in [0.25, 0.3) is 0 Å². The second-order valence-corrected chi connectivity index (χ2v) is 7.65. The van der Waals surface area contributed by atoms with Crippen molar-refractivity contribution < 1.29 is 14.3 Å². The summed E-state index contributed by atoms with van der Waals surface area (Å²) in [6.07, 6.45) is 0.405. The number of ether oxygens (including phenoxy) is 2. The first-order valence-corrected chi connectivity index (χ1v) is 10.7. The lowest BCUT2D eigenvalue weighted by molar-refractivity contribution is -0.121. The molecule has 2 rings (SSSR count). The van der Waals surface area contributed by atoms with Crippen molar-refractivity contribution in [3.05, 3.63) is 23.8 Å². The molecule has 0 radical (unpaired) electrons. The molecule has 168 valence electrons. The van der Waals surface area contributed by atoms with Gasteiger partial charge < -0.3 is 25.0 Å². The number of aliphatic imine (C=N–C) groups is 1. The minimum absolute atomic E-state index is 0.0432. The van der Waals surface area contributed by atoms with Crippen LogP contribution in [0.15, 0.2) is 23.2 Å². The molecule has 1 saturated heterocycles. The van der Waals surface area contributed by atoms with Gasteiger partial charge in [-0.2, -0.15) is 0 Å². The summed E-state index contributed by atoms with van der Waals surface area (Å²) in [5, 5.41) is 6.26. The minimum Gasteiger partial charge on any atom is -0.497 e. The monoisotopic (exact) mass is 419 g/mol. The summed E-state index contributed by atoms with van der Waals surface area (Å²) >= 11 is 0. The molecule has 0 bridgehead atoms. The van der Waals surface area contributed by atoms with E-state index in [0.717, 1.165) is 62.3 Å².